The Hall–Kier alpha value is -2.85. The van der Waals surface area contributed by atoms with Crippen molar-refractivity contribution in [1.29, 1.82) is 0 Å². The molecule has 5 rings (SSSR count). The molecule has 3 heterocycles. The topological polar surface area (TPSA) is 118 Å². The lowest BCUT2D eigenvalue weighted by atomic mass is 10.2. The number of aromatic amines is 1. The molecule has 0 bridgehead atoms. The molecule has 9 nitrogen and oxygen atoms in total. The van der Waals surface area contributed by atoms with Gasteiger partial charge >= 0.3 is 0 Å². The van der Waals surface area contributed by atoms with Crippen molar-refractivity contribution in [1.82, 2.24) is 24.7 Å². The number of fused-ring (bicyclic) bond motifs is 2. The van der Waals surface area contributed by atoms with Gasteiger partial charge in [0.2, 0.25) is 5.95 Å². The number of H-pyrrole nitrogens is 1. The Morgan fingerprint density at radius 2 is 2.13 bits per heavy atom. The molecule has 0 amide bonds. The Kier molecular flexibility index (Phi) is 4.55. The first-order valence-electron chi connectivity index (χ1n) is 9.58. The molecule has 0 radical (unpaired) electrons. The van der Waals surface area contributed by atoms with Crippen LogP contribution in [0.3, 0.4) is 0 Å². The highest BCUT2D eigenvalue weighted by atomic mass is 35.5. The summed E-state index contributed by atoms with van der Waals surface area (Å²) in [4.78, 5) is 12.3. The van der Waals surface area contributed by atoms with Crippen molar-refractivity contribution in [2.45, 2.75) is 25.4 Å². The van der Waals surface area contributed by atoms with Crippen LogP contribution in [-0.4, -0.2) is 51.2 Å². The van der Waals surface area contributed by atoms with Crippen LogP contribution in [0.4, 0.5) is 17.5 Å². The molecule has 0 spiro atoms. The van der Waals surface area contributed by atoms with Crippen molar-refractivity contribution < 1.29 is 8.42 Å². The zero-order valence-corrected chi connectivity index (χ0v) is 17.8. The molecule has 1 aromatic carbocycles. The number of halogens is 1. The highest BCUT2D eigenvalue weighted by molar-refractivity contribution is 7.90. The van der Waals surface area contributed by atoms with E-state index in [0.717, 1.165) is 34.8 Å². The summed E-state index contributed by atoms with van der Waals surface area (Å²) in [5.41, 5.74) is 2.27. The smallest absolute Gasteiger partial charge is 0.231 e. The van der Waals surface area contributed by atoms with E-state index in [4.69, 9.17) is 11.6 Å². The minimum Gasteiger partial charge on any atom is -0.367 e. The van der Waals surface area contributed by atoms with E-state index in [0.29, 0.717) is 35.0 Å². The molecule has 3 aromatic heterocycles. The minimum atomic E-state index is -3.07. The maximum atomic E-state index is 11.5. The molecule has 4 aromatic rings. The van der Waals surface area contributed by atoms with E-state index in [1.807, 2.05) is 18.2 Å². The van der Waals surface area contributed by atoms with E-state index in [9.17, 15) is 8.42 Å². The molecule has 1 fully saturated rings. The maximum absolute atomic E-state index is 11.5. The highest BCUT2D eigenvalue weighted by Crippen LogP contribution is 2.34. The Bertz CT molecular complexity index is 1360. The fourth-order valence-electron chi connectivity index (χ4n) is 3.34. The number of aryl methyl sites for hydroxylation is 1. The van der Waals surface area contributed by atoms with E-state index < -0.39 is 9.84 Å². The predicted molar refractivity (Wildman–Crippen MR) is 118 cm³/mol. The quantitative estimate of drug-likeness (QED) is 0.399. The van der Waals surface area contributed by atoms with Crippen LogP contribution in [0.15, 0.2) is 30.6 Å². The molecule has 0 saturated heterocycles. The first-order chi connectivity index (χ1) is 14.4. The minimum absolute atomic E-state index is 0.0327. The van der Waals surface area contributed by atoms with Gasteiger partial charge in [-0.1, -0.05) is 17.7 Å². The third kappa shape index (κ3) is 3.80. The van der Waals surface area contributed by atoms with Gasteiger partial charge in [-0.05, 0) is 25.0 Å². The summed E-state index contributed by atoms with van der Waals surface area (Å²) in [7, 11) is -3.07. The number of nitrogens with one attached hydrogen (secondary N) is 3. The van der Waals surface area contributed by atoms with Crippen LogP contribution < -0.4 is 10.6 Å². The molecule has 0 unspecified atom stereocenters. The normalized spacial score (nSPS) is 14.5. The molecule has 1 aliphatic carbocycles. The van der Waals surface area contributed by atoms with Crippen molar-refractivity contribution in [3.8, 4) is 0 Å². The molecular formula is C19H20ClN7O2S. The standard InChI is InChI=1S/C19H20ClN7O2S/c1-30(28,29)8-7-27-15-4-2-3-14(12(15)9-22-27)24-19-25-17-16(13(20)10-21-17)18(26-19)23-11-5-6-11/h2-4,9-11H,5-8H2,1H3,(H3,21,23,24,25,26). The van der Waals surface area contributed by atoms with Gasteiger partial charge in [-0.3, -0.25) is 4.68 Å². The molecule has 156 valence electrons. The molecule has 3 N–H and O–H groups in total. The van der Waals surface area contributed by atoms with E-state index in [1.54, 1.807) is 17.1 Å². The van der Waals surface area contributed by atoms with Crippen molar-refractivity contribution in [2.75, 3.05) is 22.6 Å². The fraction of sp³-hybridized carbons (Fsp3) is 0.316. The average Bonchev–Trinajstić information content (AvgIpc) is 3.27. The zero-order valence-electron chi connectivity index (χ0n) is 16.2. The number of hydrogen-bond donors (Lipinski definition) is 3. The van der Waals surface area contributed by atoms with Crippen molar-refractivity contribution in [3.05, 3.63) is 35.6 Å². The Balaban J connectivity index is 1.49. The van der Waals surface area contributed by atoms with Crippen LogP contribution in [0.1, 0.15) is 12.8 Å². The van der Waals surface area contributed by atoms with Gasteiger partial charge in [-0.15, -0.1) is 0 Å². The number of sulfone groups is 1. The van der Waals surface area contributed by atoms with Gasteiger partial charge in [0.15, 0.2) is 0 Å². The summed E-state index contributed by atoms with van der Waals surface area (Å²) in [6, 6.07) is 6.12. The lowest BCUT2D eigenvalue weighted by Crippen LogP contribution is -2.12. The average molecular weight is 446 g/mol. The highest BCUT2D eigenvalue weighted by Gasteiger charge is 2.24. The van der Waals surface area contributed by atoms with Crippen LogP contribution in [0, 0.1) is 0 Å². The summed E-state index contributed by atoms with van der Waals surface area (Å²) in [6.45, 7) is 0.296. The van der Waals surface area contributed by atoms with Crippen molar-refractivity contribution in [2.24, 2.45) is 0 Å². The third-order valence-electron chi connectivity index (χ3n) is 5.01. The summed E-state index contributed by atoms with van der Waals surface area (Å²) in [5, 5.41) is 13.3. The molecule has 0 aliphatic heterocycles. The Labute approximate surface area is 177 Å². The number of hydrogen-bond acceptors (Lipinski definition) is 7. The predicted octanol–water partition coefficient (Wildman–Crippen LogP) is 3.32. The van der Waals surface area contributed by atoms with Gasteiger partial charge in [0.25, 0.3) is 0 Å². The van der Waals surface area contributed by atoms with Crippen LogP contribution in [0.25, 0.3) is 21.9 Å². The Morgan fingerprint density at radius 1 is 1.30 bits per heavy atom. The number of anilines is 3. The molecule has 1 saturated carbocycles. The molecule has 0 atom stereocenters. The monoisotopic (exact) mass is 445 g/mol. The van der Waals surface area contributed by atoms with E-state index in [1.165, 1.54) is 6.26 Å². The van der Waals surface area contributed by atoms with E-state index in [-0.39, 0.29) is 5.75 Å². The Morgan fingerprint density at radius 3 is 2.90 bits per heavy atom. The molecule has 1 aliphatic rings. The second-order valence-corrected chi connectivity index (χ2v) is 10.2. The first kappa shape index (κ1) is 19.1. The maximum Gasteiger partial charge on any atom is 0.231 e. The summed E-state index contributed by atoms with van der Waals surface area (Å²) in [6.07, 6.45) is 6.87. The lowest BCUT2D eigenvalue weighted by molar-refractivity contribution is 0.589. The fourth-order valence-corrected chi connectivity index (χ4v) is 4.08. The SMILES string of the molecule is CS(=O)(=O)CCn1ncc2c(Nc3nc(NC4CC4)c4c(Cl)c[nH]c4n3)cccc21. The second-order valence-electron chi connectivity index (χ2n) is 7.54. The van der Waals surface area contributed by atoms with E-state index >= 15 is 0 Å². The van der Waals surface area contributed by atoms with Gasteiger partial charge < -0.3 is 15.6 Å². The second kappa shape index (κ2) is 7.13. The molecule has 30 heavy (non-hydrogen) atoms. The van der Waals surface area contributed by atoms with Gasteiger partial charge in [0, 0.05) is 23.9 Å². The van der Waals surface area contributed by atoms with Crippen LogP contribution in [0.2, 0.25) is 5.02 Å². The van der Waals surface area contributed by atoms with Crippen LogP contribution in [-0.2, 0) is 16.4 Å². The summed E-state index contributed by atoms with van der Waals surface area (Å²) in [5.74, 6) is 1.16. The molecule has 11 heteroatoms. The van der Waals surface area contributed by atoms with Gasteiger partial charge in [0.05, 0.1) is 40.1 Å². The van der Waals surface area contributed by atoms with Crippen LogP contribution in [0.5, 0.6) is 0 Å². The lowest BCUT2D eigenvalue weighted by Gasteiger charge is -2.11. The summed E-state index contributed by atoms with van der Waals surface area (Å²) >= 11 is 6.31. The first-order valence-corrected chi connectivity index (χ1v) is 12.0. The van der Waals surface area contributed by atoms with Crippen LogP contribution >= 0.6 is 11.6 Å². The largest absolute Gasteiger partial charge is 0.367 e. The van der Waals surface area contributed by atoms with E-state index in [2.05, 4.69) is 30.7 Å². The van der Waals surface area contributed by atoms with Gasteiger partial charge in [-0.2, -0.15) is 15.1 Å². The van der Waals surface area contributed by atoms with Crippen molar-refractivity contribution in [3.63, 3.8) is 0 Å². The summed E-state index contributed by atoms with van der Waals surface area (Å²) < 4.78 is 24.7. The number of benzene rings is 1. The zero-order chi connectivity index (χ0) is 20.9. The number of rotatable bonds is 7. The molecular weight excluding hydrogens is 426 g/mol. The number of nitrogens with zero attached hydrogens (tertiary/aromatic N) is 4. The van der Waals surface area contributed by atoms with Crippen molar-refractivity contribution >= 4 is 60.8 Å². The van der Waals surface area contributed by atoms with Gasteiger partial charge in [0.1, 0.15) is 21.3 Å². The third-order valence-corrected chi connectivity index (χ3v) is 6.23. The van der Waals surface area contributed by atoms with Gasteiger partial charge in [-0.25, -0.2) is 8.42 Å². The number of aromatic nitrogens is 5.